The number of nitrogens with zero attached hydrogens (tertiary/aromatic N) is 1. The summed E-state index contributed by atoms with van der Waals surface area (Å²) >= 11 is 7.68. The maximum Gasteiger partial charge on any atom is 0.181 e. The fourth-order valence-corrected chi connectivity index (χ4v) is 2.78. The first kappa shape index (κ1) is 14.2. The molecule has 0 aliphatic carbocycles. The molecule has 4 nitrogen and oxygen atoms in total. The molecule has 0 saturated heterocycles. The zero-order valence-electron chi connectivity index (χ0n) is 11.4. The topological polar surface area (TPSA) is 57.4 Å². The number of nitrogen functional groups attached to an aromatic ring is 1. The van der Waals surface area contributed by atoms with Gasteiger partial charge >= 0.3 is 0 Å². The van der Waals surface area contributed by atoms with Crippen LogP contribution >= 0.6 is 22.9 Å². The molecule has 0 radical (unpaired) electrons. The maximum atomic E-state index is 6.34. The molecule has 104 valence electrons. The minimum Gasteiger partial charge on any atom is -0.489 e. The van der Waals surface area contributed by atoms with Crippen LogP contribution in [0.15, 0.2) is 6.07 Å². The highest BCUT2D eigenvalue weighted by Crippen LogP contribution is 2.43. The Hall–Kier alpha value is -1.20. The summed E-state index contributed by atoms with van der Waals surface area (Å²) in [4.78, 5) is 4.28. The van der Waals surface area contributed by atoms with Crippen molar-refractivity contribution >= 4 is 38.3 Å². The molecule has 0 atom stereocenters. The maximum absolute atomic E-state index is 6.34. The lowest BCUT2D eigenvalue weighted by Crippen LogP contribution is -2.08. The molecule has 19 heavy (non-hydrogen) atoms. The van der Waals surface area contributed by atoms with E-state index in [2.05, 4.69) is 4.98 Å². The third kappa shape index (κ3) is 3.04. The van der Waals surface area contributed by atoms with Crippen LogP contribution < -0.4 is 15.2 Å². The Bertz CT molecular complexity index is 596. The highest BCUT2D eigenvalue weighted by atomic mass is 35.5. The van der Waals surface area contributed by atoms with E-state index < -0.39 is 0 Å². The molecular formula is C13H17ClN2O2S. The van der Waals surface area contributed by atoms with Crippen LogP contribution in [-0.4, -0.2) is 17.2 Å². The Labute approximate surface area is 121 Å². The van der Waals surface area contributed by atoms with Gasteiger partial charge in [0.05, 0.1) is 16.9 Å². The van der Waals surface area contributed by atoms with Crippen molar-refractivity contribution in [3.8, 4) is 11.5 Å². The van der Waals surface area contributed by atoms with Crippen LogP contribution in [0.3, 0.4) is 0 Å². The number of hydrogen-bond donors (Lipinski definition) is 1. The number of rotatable bonds is 4. The van der Waals surface area contributed by atoms with Crippen LogP contribution in [0.1, 0.15) is 27.7 Å². The molecule has 0 bridgehead atoms. The number of halogens is 1. The van der Waals surface area contributed by atoms with E-state index in [1.54, 1.807) is 6.07 Å². The minimum atomic E-state index is 0.0344. The molecule has 1 aromatic heterocycles. The van der Waals surface area contributed by atoms with Gasteiger partial charge in [0.15, 0.2) is 10.9 Å². The van der Waals surface area contributed by atoms with Crippen molar-refractivity contribution in [2.45, 2.75) is 39.9 Å². The average Bonchev–Trinajstić information content (AvgIpc) is 2.66. The van der Waals surface area contributed by atoms with Crippen molar-refractivity contribution in [3.05, 3.63) is 11.1 Å². The fraction of sp³-hybridized carbons (Fsp3) is 0.462. The van der Waals surface area contributed by atoms with Gasteiger partial charge in [-0.05, 0) is 27.7 Å². The first-order chi connectivity index (χ1) is 8.88. The van der Waals surface area contributed by atoms with Gasteiger partial charge in [0.1, 0.15) is 16.3 Å². The Morgan fingerprint density at radius 2 is 1.74 bits per heavy atom. The fourth-order valence-electron chi connectivity index (χ4n) is 1.70. The number of hydrogen-bond acceptors (Lipinski definition) is 5. The normalized spacial score (nSPS) is 11.5. The summed E-state index contributed by atoms with van der Waals surface area (Å²) in [6, 6.07) is 1.78. The molecule has 0 fully saturated rings. The summed E-state index contributed by atoms with van der Waals surface area (Å²) in [6.07, 6.45) is 0.0753. The lowest BCUT2D eigenvalue weighted by Gasteiger charge is -2.15. The lowest BCUT2D eigenvalue weighted by atomic mass is 10.2. The van der Waals surface area contributed by atoms with Crippen molar-refractivity contribution < 1.29 is 9.47 Å². The summed E-state index contributed by atoms with van der Waals surface area (Å²) < 4.78 is 12.3. The zero-order chi connectivity index (χ0) is 14.2. The first-order valence-electron chi connectivity index (χ1n) is 6.10. The number of anilines is 1. The highest BCUT2D eigenvalue weighted by Gasteiger charge is 2.18. The van der Waals surface area contributed by atoms with Crippen LogP contribution in [-0.2, 0) is 0 Å². The number of thiazole rings is 1. The van der Waals surface area contributed by atoms with E-state index in [0.717, 1.165) is 4.70 Å². The second kappa shape index (κ2) is 5.43. The lowest BCUT2D eigenvalue weighted by molar-refractivity contribution is 0.231. The third-order valence-electron chi connectivity index (χ3n) is 2.28. The van der Waals surface area contributed by atoms with Crippen molar-refractivity contribution in [2.24, 2.45) is 0 Å². The molecule has 0 aliphatic rings. The molecule has 1 aromatic carbocycles. The van der Waals surface area contributed by atoms with Gasteiger partial charge in [-0.1, -0.05) is 22.9 Å². The number of fused-ring (bicyclic) bond motifs is 1. The van der Waals surface area contributed by atoms with E-state index in [4.69, 9.17) is 26.8 Å². The SMILES string of the molecule is CC(C)Oc1cc(OC(C)C)c2nc(N)sc2c1Cl. The molecule has 2 N–H and O–H groups in total. The van der Waals surface area contributed by atoms with E-state index in [1.807, 2.05) is 27.7 Å². The van der Waals surface area contributed by atoms with Gasteiger partial charge < -0.3 is 15.2 Å². The summed E-state index contributed by atoms with van der Waals surface area (Å²) in [5.41, 5.74) is 6.45. The Balaban J connectivity index is 2.60. The molecule has 0 amide bonds. The summed E-state index contributed by atoms with van der Waals surface area (Å²) in [5, 5.41) is 1.00. The van der Waals surface area contributed by atoms with Gasteiger partial charge in [-0.15, -0.1) is 0 Å². The van der Waals surface area contributed by atoms with Crippen molar-refractivity contribution in [3.63, 3.8) is 0 Å². The first-order valence-corrected chi connectivity index (χ1v) is 7.29. The van der Waals surface area contributed by atoms with Crippen molar-refractivity contribution in [2.75, 3.05) is 5.73 Å². The van der Waals surface area contributed by atoms with E-state index in [-0.39, 0.29) is 12.2 Å². The van der Waals surface area contributed by atoms with E-state index in [9.17, 15) is 0 Å². The van der Waals surface area contributed by atoms with Gasteiger partial charge in [0, 0.05) is 6.07 Å². The van der Waals surface area contributed by atoms with Gasteiger partial charge in [0.2, 0.25) is 0 Å². The molecule has 6 heteroatoms. The predicted octanol–water partition coefficient (Wildman–Crippen LogP) is 4.11. The molecule has 0 aliphatic heterocycles. The third-order valence-corrected chi connectivity index (χ3v) is 3.67. The Morgan fingerprint density at radius 1 is 1.16 bits per heavy atom. The molecule has 2 rings (SSSR count). The summed E-state index contributed by atoms with van der Waals surface area (Å²) in [6.45, 7) is 7.81. The monoisotopic (exact) mass is 300 g/mol. The van der Waals surface area contributed by atoms with E-state index in [1.165, 1.54) is 11.3 Å². The van der Waals surface area contributed by atoms with Crippen molar-refractivity contribution in [1.82, 2.24) is 4.98 Å². The zero-order valence-corrected chi connectivity index (χ0v) is 12.9. The van der Waals surface area contributed by atoms with Crippen LogP contribution in [0, 0.1) is 0 Å². The number of benzene rings is 1. The summed E-state index contributed by atoms with van der Waals surface area (Å²) in [7, 11) is 0. The molecule has 2 aromatic rings. The summed E-state index contributed by atoms with van der Waals surface area (Å²) in [5.74, 6) is 1.25. The van der Waals surface area contributed by atoms with Crippen LogP contribution in [0.4, 0.5) is 5.13 Å². The second-order valence-electron chi connectivity index (χ2n) is 4.75. The van der Waals surface area contributed by atoms with Gasteiger partial charge in [-0.3, -0.25) is 0 Å². The van der Waals surface area contributed by atoms with Crippen LogP contribution in [0.25, 0.3) is 10.2 Å². The minimum absolute atomic E-state index is 0.0344. The van der Waals surface area contributed by atoms with Gasteiger partial charge in [-0.25, -0.2) is 4.98 Å². The largest absolute Gasteiger partial charge is 0.489 e. The molecule has 0 spiro atoms. The van der Waals surface area contributed by atoms with Gasteiger partial charge in [0.25, 0.3) is 0 Å². The molecule has 1 heterocycles. The highest BCUT2D eigenvalue weighted by molar-refractivity contribution is 7.22. The number of aromatic nitrogens is 1. The number of ether oxygens (including phenoxy) is 2. The molecular weight excluding hydrogens is 284 g/mol. The Kier molecular flexibility index (Phi) is 4.06. The standard InChI is InChI=1S/C13H17ClN2O2S/c1-6(2)17-8-5-9(18-7(3)4)11-12(10(8)14)19-13(15)16-11/h5-7H,1-4H3,(H2,15,16). The Morgan fingerprint density at radius 3 is 2.32 bits per heavy atom. The average molecular weight is 301 g/mol. The van der Waals surface area contributed by atoms with E-state index >= 15 is 0 Å². The second-order valence-corrected chi connectivity index (χ2v) is 6.16. The van der Waals surface area contributed by atoms with Crippen LogP contribution in [0.5, 0.6) is 11.5 Å². The molecule has 0 unspecified atom stereocenters. The molecule has 0 saturated carbocycles. The predicted molar refractivity (Wildman–Crippen MR) is 80.6 cm³/mol. The van der Waals surface area contributed by atoms with E-state index in [0.29, 0.717) is 27.2 Å². The smallest absolute Gasteiger partial charge is 0.181 e. The van der Waals surface area contributed by atoms with Crippen molar-refractivity contribution in [1.29, 1.82) is 0 Å². The van der Waals surface area contributed by atoms with Gasteiger partial charge in [-0.2, -0.15) is 0 Å². The number of nitrogens with two attached hydrogens (primary N) is 1. The van der Waals surface area contributed by atoms with Crippen LogP contribution in [0.2, 0.25) is 5.02 Å². The quantitative estimate of drug-likeness (QED) is 0.923.